The number of imidazole rings is 1. The quantitative estimate of drug-likeness (QED) is 0.468. The van der Waals surface area contributed by atoms with Crippen LogP contribution in [-0.4, -0.2) is 59.3 Å². The lowest BCUT2D eigenvalue weighted by molar-refractivity contribution is -0.0511. The van der Waals surface area contributed by atoms with E-state index in [-0.39, 0.29) is 17.1 Å². The molecular formula is C11H15N5O5. The summed E-state index contributed by atoms with van der Waals surface area (Å²) in [5.41, 5.74) is 5.44. The highest BCUT2D eigenvalue weighted by Gasteiger charge is 2.44. The van der Waals surface area contributed by atoms with E-state index in [0.717, 1.165) is 4.57 Å². The molecule has 1 fully saturated rings. The highest BCUT2D eigenvalue weighted by molar-refractivity contribution is 5.71. The number of hydrogen-bond acceptors (Lipinski definition) is 8. The zero-order valence-corrected chi connectivity index (χ0v) is 11.1. The number of aliphatic hydroxyl groups excluding tert-OH is 3. The molecule has 1 saturated heterocycles. The molecule has 21 heavy (non-hydrogen) atoms. The van der Waals surface area contributed by atoms with Crippen molar-refractivity contribution in [3.63, 3.8) is 0 Å². The zero-order chi connectivity index (χ0) is 15.3. The summed E-state index contributed by atoms with van der Waals surface area (Å²) in [5.74, 6) is -0.0130. The SMILES string of the molecule is Cn1c(N)nc2c(ncn2[C@@H]2O[C@H](CO)[C@@H](O)[C@@H]2O)c1=O. The minimum Gasteiger partial charge on any atom is -0.394 e. The van der Waals surface area contributed by atoms with Crippen LogP contribution in [0.2, 0.25) is 0 Å². The van der Waals surface area contributed by atoms with Gasteiger partial charge in [0.1, 0.15) is 18.3 Å². The van der Waals surface area contributed by atoms with Crippen molar-refractivity contribution in [2.75, 3.05) is 12.3 Å². The molecule has 0 aromatic carbocycles. The second-order valence-corrected chi connectivity index (χ2v) is 4.89. The molecule has 0 saturated carbocycles. The topological polar surface area (TPSA) is 149 Å². The maximum Gasteiger partial charge on any atom is 0.282 e. The first-order valence-electron chi connectivity index (χ1n) is 6.27. The average Bonchev–Trinajstić information content (AvgIpc) is 2.99. The van der Waals surface area contributed by atoms with Gasteiger partial charge in [0.2, 0.25) is 5.95 Å². The molecule has 0 bridgehead atoms. The van der Waals surface area contributed by atoms with Crippen LogP contribution < -0.4 is 11.3 Å². The molecule has 0 unspecified atom stereocenters. The highest BCUT2D eigenvalue weighted by atomic mass is 16.6. The normalized spacial score (nSPS) is 29.3. The number of anilines is 1. The van der Waals surface area contributed by atoms with Gasteiger partial charge in [-0.3, -0.25) is 13.9 Å². The number of nitrogen functional groups attached to an aromatic ring is 1. The van der Waals surface area contributed by atoms with Gasteiger partial charge in [-0.1, -0.05) is 0 Å². The van der Waals surface area contributed by atoms with Gasteiger partial charge in [0.25, 0.3) is 5.56 Å². The number of rotatable bonds is 2. The van der Waals surface area contributed by atoms with Crippen molar-refractivity contribution < 1.29 is 20.1 Å². The van der Waals surface area contributed by atoms with Crippen molar-refractivity contribution in [2.24, 2.45) is 7.05 Å². The summed E-state index contributed by atoms with van der Waals surface area (Å²) >= 11 is 0. The molecule has 0 amide bonds. The van der Waals surface area contributed by atoms with E-state index in [2.05, 4.69) is 9.97 Å². The Morgan fingerprint density at radius 2 is 2.14 bits per heavy atom. The molecule has 2 aromatic heterocycles. The predicted octanol–water partition coefficient (Wildman–Crippen LogP) is -2.68. The predicted molar refractivity (Wildman–Crippen MR) is 70.2 cm³/mol. The molecule has 10 nitrogen and oxygen atoms in total. The largest absolute Gasteiger partial charge is 0.394 e. The molecule has 0 aliphatic carbocycles. The summed E-state index contributed by atoms with van der Waals surface area (Å²) in [6.07, 6.45) is -3.20. The van der Waals surface area contributed by atoms with E-state index in [1.807, 2.05) is 0 Å². The lowest BCUT2D eigenvalue weighted by Crippen LogP contribution is -2.33. The highest BCUT2D eigenvalue weighted by Crippen LogP contribution is 2.30. The monoisotopic (exact) mass is 297 g/mol. The van der Waals surface area contributed by atoms with Crippen LogP contribution in [0.3, 0.4) is 0 Å². The molecule has 3 heterocycles. The molecule has 4 atom stereocenters. The van der Waals surface area contributed by atoms with Gasteiger partial charge in [-0.05, 0) is 0 Å². The maximum atomic E-state index is 12.0. The van der Waals surface area contributed by atoms with Gasteiger partial charge >= 0.3 is 0 Å². The van der Waals surface area contributed by atoms with Crippen molar-refractivity contribution in [1.82, 2.24) is 19.1 Å². The van der Waals surface area contributed by atoms with Crippen LogP contribution in [0, 0.1) is 0 Å². The Hall–Kier alpha value is -2.01. The fourth-order valence-electron chi connectivity index (χ4n) is 2.36. The Labute approximate surface area is 118 Å². The van der Waals surface area contributed by atoms with Gasteiger partial charge < -0.3 is 25.8 Å². The van der Waals surface area contributed by atoms with Crippen LogP contribution in [0.1, 0.15) is 6.23 Å². The van der Waals surface area contributed by atoms with Crippen molar-refractivity contribution in [1.29, 1.82) is 0 Å². The Bertz CT molecular complexity index is 740. The molecule has 10 heteroatoms. The Balaban J connectivity index is 2.12. The molecule has 114 valence electrons. The summed E-state index contributed by atoms with van der Waals surface area (Å²) in [7, 11) is 1.47. The number of nitrogens with zero attached hydrogens (tertiary/aromatic N) is 4. The van der Waals surface area contributed by atoms with Crippen LogP contribution in [0.15, 0.2) is 11.1 Å². The van der Waals surface area contributed by atoms with Crippen molar-refractivity contribution in [3.05, 3.63) is 16.7 Å². The summed E-state index contributed by atoms with van der Waals surface area (Å²) in [4.78, 5) is 20.0. The smallest absolute Gasteiger partial charge is 0.282 e. The number of ether oxygens (including phenoxy) is 1. The van der Waals surface area contributed by atoms with Crippen molar-refractivity contribution >= 4 is 17.1 Å². The summed E-state index contributed by atoms with van der Waals surface area (Å²) in [6, 6.07) is 0. The second kappa shape index (κ2) is 4.77. The first-order chi connectivity index (χ1) is 9.95. The van der Waals surface area contributed by atoms with Crippen LogP contribution in [0.25, 0.3) is 11.2 Å². The fourth-order valence-corrected chi connectivity index (χ4v) is 2.36. The van der Waals surface area contributed by atoms with Crippen molar-refractivity contribution in [3.8, 4) is 0 Å². The number of hydrogen-bond donors (Lipinski definition) is 4. The Kier molecular flexibility index (Phi) is 3.17. The van der Waals surface area contributed by atoms with Crippen LogP contribution >= 0.6 is 0 Å². The maximum absolute atomic E-state index is 12.0. The van der Waals surface area contributed by atoms with E-state index in [1.54, 1.807) is 0 Å². The molecule has 0 spiro atoms. The Morgan fingerprint density at radius 3 is 2.76 bits per heavy atom. The fraction of sp³-hybridized carbons (Fsp3) is 0.545. The van der Waals surface area contributed by atoms with Gasteiger partial charge in [0, 0.05) is 7.05 Å². The molecule has 3 rings (SSSR count). The first kappa shape index (κ1) is 13.9. The summed E-state index contributed by atoms with van der Waals surface area (Å²) in [5, 5.41) is 28.9. The van der Waals surface area contributed by atoms with E-state index in [4.69, 9.17) is 15.6 Å². The van der Waals surface area contributed by atoms with Gasteiger partial charge in [0.15, 0.2) is 17.4 Å². The molecular weight excluding hydrogens is 282 g/mol. The molecule has 5 N–H and O–H groups in total. The molecule has 0 radical (unpaired) electrons. The zero-order valence-electron chi connectivity index (χ0n) is 11.1. The third-order valence-corrected chi connectivity index (χ3v) is 3.63. The second-order valence-electron chi connectivity index (χ2n) is 4.89. The van der Waals surface area contributed by atoms with E-state index < -0.39 is 36.7 Å². The third-order valence-electron chi connectivity index (χ3n) is 3.63. The van der Waals surface area contributed by atoms with E-state index in [0.29, 0.717) is 0 Å². The summed E-state index contributed by atoms with van der Waals surface area (Å²) < 4.78 is 7.85. The standard InChI is InChI=1S/C11H15N5O5/c1-15-9(20)5-8(14-11(15)12)16(3-13-5)10-7(19)6(18)4(2-17)21-10/h3-4,6-7,10,17-19H,2H2,1H3,(H2,12,14)/t4-,6-,7+,10-/m1/s1. The molecule has 1 aliphatic heterocycles. The first-order valence-corrected chi connectivity index (χ1v) is 6.27. The summed E-state index contributed by atoms with van der Waals surface area (Å²) in [6.45, 7) is -0.446. The van der Waals surface area contributed by atoms with Gasteiger partial charge in [-0.25, -0.2) is 4.98 Å². The van der Waals surface area contributed by atoms with Crippen LogP contribution in [0.4, 0.5) is 5.95 Å². The van der Waals surface area contributed by atoms with Gasteiger partial charge in [-0.15, -0.1) is 0 Å². The lowest BCUT2D eigenvalue weighted by Gasteiger charge is -2.16. The van der Waals surface area contributed by atoms with Crippen LogP contribution in [0.5, 0.6) is 0 Å². The minimum absolute atomic E-state index is 0.0130. The number of nitrogens with two attached hydrogens (primary N) is 1. The van der Waals surface area contributed by atoms with Crippen LogP contribution in [-0.2, 0) is 11.8 Å². The molecule has 2 aromatic rings. The minimum atomic E-state index is -1.29. The number of aliphatic hydroxyl groups is 3. The molecule has 1 aliphatic rings. The van der Waals surface area contributed by atoms with Crippen molar-refractivity contribution in [2.45, 2.75) is 24.5 Å². The average molecular weight is 297 g/mol. The number of aromatic nitrogens is 4. The van der Waals surface area contributed by atoms with Gasteiger partial charge in [-0.2, -0.15) is 4.98 Å². The number of fused-ring (bicyclic) bond motifs is 1. The van der Waals surface area contributed by atoms with E-state index >= 15 is 0 Å². The van der Waals surface area contributed by atoms with E-state index in [1.165, 1.54) is 17.9 Å². The Morgan fingerprint density at radius 1 is 1.43 bits per heavy atom. The van der Waals surface area contributed by atoms with Gasteiger partial charge in [0.05, 0.1) is 12.9 Å². The lowest BCUT2D eigenvalue weighted by atomic mass is 10.1. The van der Waals surface area contributed by atoms with E-state index in [9.17, 15) is 15.0 Å². The third kappa shape index (κ3) is 1.92.